The molecule has 0 atom stereocenters. The van der Waals surface area contributed by atoms with Gasteiger partial charge in [0.25, 0.3) is 5.91 Å². The topological polar surface area (TPSA) is 67.4 Å². The Bertz CT molecular complexity index is 763. The summed E-state index contributed by atoms with van der Waals surface area (Å²) < 4.78 is 81.5. The van der Waals surface area contributed by atoms with Crippen molar-refractivity contribution in [2.75, 3.05) is 13.6 Å². The number of amides is 2. The van der Waals surface area contributed by atoms with Gasteiger partial charge in [-0.15, -0.1) is 0 Å². The zero-order valence-corrected chi connectivity index (χ0v) is 19.0. The van der Waals surface area contributed by atoms with Crippen LogP contribution in [0.1, 0.15) is 74.4 Å². The molecule has 1 saturated carbocycles. The maximum atomic E-state index is 12.8. The SMILES string of the molecule is CNC(=O)OC(C)(C)C.O=C(NCC1CCCCC1)c1cc(C(F)(F)F)cc(C(F)(F)F)c1. The minimum atomic E-state index is -4.96. The van der Waals surface area contributed by atoms with Crippen LogP contribution in [0.4, 0.5) is 31.1 Å². The lowest BCUT2D eigenvalue weighted by Gasteiger charge is -2.22. The Morgan fingerprint density at radius 1 is 0.909 bits per heavy atom. The zero-order valence-electron chi connectivity index (χ0n) is 19.0. The Balaban J connectivity index is 0.000000513. The van der Waals surface area contributed by atoms with Gasteiger partial charge >= 0.3 is 18.4 Å². The molecular formula is C22H30F6N2O3. The van der Waals surface area contributed by atoms with Crippen LogP contribution in [0, 0.1) is 5.92 Å². The zero-order chi connectivity index (χ0) is 25.4. The summed E-state index contributed by atoms with van der Waals surface area (Å²) in [7, 11) is 1.54. The number of hydrogen-bond acceptors (Lipinski definition) is 3. The second-order valence-corrected chi connectivity index (χ2v) is 8.76. The van der Waals surface area contributed by atoms with Crippen LogP contribution >= 0.6 is 0 Å². The Hall–Kier alpha value is -2.46. The van der Waals surface area contributed by atoms with E-state index in [0.717, 1.165) is 32.1 Å². The molecule has 0 aromatic heterocycles. The van der Waals surface area contributed by atoms with Crippen LogP contribution in [-0.4, -0.2) is 31.2 Å². The largest absolute Gasteiger partial charge is 0.444 e. The normalized spacial score (nSPS) is 15.2. The van der Waals surface area contributed by atoms with E-state index in [4.69, 9.17) is 4.74 Å². The molecule has 2 amide bonds. The van der Waals surface area contributed by atoms with E-state index >= 15 is 0 Å². The van der Waals surface area contributed by atoms with Crippen LogP contribution < -0.4 is 10.6 Å². The predicted octanol–water partition coefficient (Wildman–Crippen LogP) is 6.18. The average molecular weight is 484 g/mol. The van der Waals surface area contributed by atoms with Crippen LogP contribution in [0.2, 0.25) is 0 Å². The monoisotopic (exact) mass is 484 g/mol. The molecule has 1 aromatic carbocycles. The van der Waals surface area contributed by atoms with E-state index in [-0.39, 0.29) is 30.2 Å². The van der Waals surface area contributed by atoms with E-state index in [1.807, 2.05) is 20.8 Å². The minimum absolute atomic E-state index is 0.0118. The third-order valence-electron chi connectivity index (χ3n) is 4.73. The van der Waals surface area contributed by atoms with Gasteiger partial charge in [0.2, 0.25) is 0 Å². The molecule has 0 saturated heterocycles. The number of alkyl carbamates (subject to hydrolysis) is 1. The fraction of sp³-hybridized carbons (Fsp3) is 0.636. The smallest absolute Gasteiger partial charge is 0.416 e. The summed E-state index contributed by atoms with van der Waals surface area (Å²) in [5.41, 5.74) is -3.99. The van der Waals surface area contributed by atoms with Crippen LogP contribution in [0.3, 0.4) is 0 Å². The maximum absolute atomic E-state index is 12.8. The number of benzene rings is 1. The molecule has 1 fully saturated rings. The first kappa shape index (κ1) is 28.6. The Labute approximate surface area is 189 Å². The van der Waals surface area contributed by atoms with Gasteiger partial charge < -0.3 is 15.4 Å². The highest BCUT2D eigenvalue weighted by molar-refractivity contribution is 5.94. The van der Waals surface area contributed by atoms with Gasteiger partial charge in [0, 0.05) is 19.2 Å². The van der Waals surface area contributed by atoms with Gasteiger partial charge in [-0.1, -0.05) is 19.3 Å². The minimum Gasteiger partial charge on any atom is -0.444 e. The molecule has 0 spiro atoms. The summed E-state index contributed by atoms with van der Waals surface area (Å²) in [5.74, 6) is -0.701. The maximum Gasteiger partial charge on any atom is 0.416 e. The highest BCUT2D eigenvalue weighted by atomic mass is 19.4. The van der Waals surface area contributed by atoms with E-state index in [2.05, 4.69) is 10.6 Å². The highest BCUT2D eigenvalue weighted by Gasteiger charge is 2.37. The number of carbonyl (C=O) groups is 2. The Kier molecular flexibility index (Phi) is 10.0. The molecule has 188 valence electrons. The fourth-order valence-corrected chi connectivity index (χ4v) is 3.15. The molecule has 11 heteroatoms. The van der Waals surface area contributed by atoms with E-state index in [9.17, 15) is 35.9 Å². The van der Waals surface area contributed by atoms with Crippen LogP contribution in [0.5, 0.6) is 0 Å². The molecular weight excluding hydrogens is 454 g/mol. The third-order valence-corrected chi connectivity index (χ3v) is 4.73. The van der Waals surface area contributed by atoms with Gasteiger partial charge in [0.15, 0.2) is 0 Å². The van der Waals surface area contributed by atoms with Crippen molar-refractivity contribution < 1.29 is 40.7 Å². The summed E-state index contributed by atoms with van der Waals surface area (Å²) in [4.78, 5) is 22.5. The lowest BCUT2D eigenvalue weighted by atomic mass is 9.89. The van der Waals surface area contributed by atoms with Crippen molar-refractivity contribution >= 4 is 12.0 Å². The first-order chi connectivity index (χ1) is 15.0. The number of carbonyl (C=O) groups excluding carboxylic acids is 2. The van der Waals surface area contributed by atoms with Crippen LogP contribution in [-0.2, 0) is 17.1 Å². The van der Waals surface area contributed by atoms with Crippen molar-refractivity contribution in [3.8, 4) is 0 Å². The molecule has 1 aliphatic carbocycles. The molecule has 33 heavy (non-hydrogen) atoms. The summed E-state index contributed by atoms with van der Waals surface area (Å²) in [5, 5.41) is 4.81. The number of rotatable bonds is 3. The lowest BCUT2D eigenvalue weighted by molar-refractivity contribution is -0.143. The Morgan fingerprint density at radius 2 is 1.39 bits per heavy atom. The van der Waals surface area contributed by atoms with Crippen molar-refractivity contribution in [3.05, 3.63) is 34.9 Å². The molecule has 5 nitrogen and oxygen atoms in total. The molecule has 1 aromatic rings. The molecule has 2 rings (SSSR count). The molecule has 0 aliphatic heterocycles. The van der Waals surface area contributed by atoms with E-state index in [1.165, 1.54) is 7.05 Å². The molecule has 2 N–H and O–H groups in total. The first-order valence-corrected chi connectivity index (χ1v) is 10.5. The van der Waals surface area contributed by atoms with Crippen molar-refractivity contribution in [1.82, 2.24) is 10.6 Å². The van der Waals surface area contributed by atoms with E-state index in [1.54, 1.807) is 0 Å². The van der Waals surface area contributed by atoms with Gasteiger partial charge in [0.1, 0.15) is 5.60 Å². The van der Waals surface area contributed by atoms with Gasteiger partial charge in [-0.05, 0) is 57.7 Å². The van der Waals surface area contributed by atoms with Crippen molar-refractivity contribution in [2.45, 2.75) is 70.8 Å². The van der Waals surface area contributed by atoms with Gasteiger partial charge in [-0.2, -0.15) is 26.3 Å². The quantitative estimate of drug-likeness (QED) is 0.504. The van der Waals surface area contributed by atoms with E-state index < -0.39 is 35.0 Å². The summed E-state index contributed by atoms with van der Waals surface area (Å²) >= 11 is 0. The second-order valence-electron chi connectivity index (χ2n) is 8.76. The molecule has 0 radical (unpaired) electrons. The van der Waals surface area contributed by atoms with E-state index in [0.29, 0.717) is 12.1 Å². The average Bonchev–Trinajstić information content (AvgIpc) is 2.70. The van der Waals surface area contributed by atoms with Gasteiger partial charge in [-0.25, -0.2) is 4.79 Å². The standard InChI is InChI=1S/C16H17F6NO.C6H13NO2/c17-15(18,19)12-6-11(7-13(8-12)16(20,21)22)14(24)23-9-10-4-2-1-3-5-10;1-6(2,3)9-5(8)7-4/h6-8,10H,1-5,9H2,(H,23,24);1-4H3,(H,7,8). The van der Waals surface area contributed by atoms with Gasteiger partial charge in [0.05, 0.1) is 11.1 Å². The first-order valence-electron chi connectivity index (χ1n) is 10.5. The second kappa shape index (κ2) is 11.6. The highest BCUT2D eigenvalue weighted by Crippen LogP contribution is 2.36. The van der Waals surface area contributed by atoms with Crippen LogP contribution in [0.25, 0.3) is 0 Å². The number of nitrogens with one attached hydrogen (secondary N) is 2. The van der Waals surface area contributed by atoms with Crippen LogP contribution in [0.15, 0.2) is 18.2 Å². The number of alkyl halides is 6. The number of hydrogen-bond donors (Lipinski definition) is 2. The van der Waals surface area contributed by atoms with Crippen molar-refractivity contribution in [1.29, 1.82) is 0 Å². The summed E-state index contributed by atoms with van der Waals surface area (Å²) in [6.07, 6.45) is -5.37. The number of halogens is 6. The summed E-state index contributed by atoms with van der Waals surface area (Å²) in [6, 6.07) is 0.912. The van der Waals surface area contributed by atoms with Crippen molar-refractivity contribution in [3.63, 3.8) is 0 Å². The van der Waals surface area contributed by atoms with Crippen molar-refractivity contribution in [2.24, 2.45) is 5.92 Å². The Morgan fingerprint density at radius 3 is 1.76 bits per heavy atom. The molecule has 0 heterocycles. The fourth-order valence-electron chi connectivity index (χ4n) is 3.15. The molecule has 0 bridgehead atoms. The molecule has 0 unspecified atom stereocenters. The summed E-state index contributed by atoms with van der Waals surface area (Å²) in [6.45, 7) is 5.73. The predicted molar refractivity (Wildman–Crippen MR) is 111 cm³/mol. The number of ether oxygens (including phenoxy) is 1. The third kappa shape index (κ3) is 10.8. The lowest BCUT2D eigenvalue weighted by Crippen LogP contribution is -2.30. The van der Waals surface area contributed by atoms with Gasteiger partial charge in [-0.3, -0.25) is 4.79 Å². The molecule has 1 aliphatic rings.